The highest BCUT2D eigenvalue weighted by Gasteiger charge is 2.11. The molecule has 0 atom stereocenters. The van der Waals surface area contributed by atoms with E-state index in [2.05, 4.69) is 5.32 Å². The summed E-state index contributed by atoms with van der Waals surface area (Å²) in [5, 5.41) is 11.7. The predicted octanol–water partition coefficient (Wildman–Crippen LogP) is 0.702. The van der Waals surface area contributed by atoms with E-state index in [0.29, 0.717) is 23.7 Å². The Kier molecular flexibility index (Phi) is 5.29. The standard InChI is InChI=1S/C12H17NO4/c1-3-16-10-6-4-5-9(7-14)12(10)17-8-11(15)13-2/h4-6,14H,3,7-8H2,1-2H3,(H,13,15). The number of aliphatic hydroxyl groups is 1. The lowest BCUT2D eigenvalue weighted by Gasteiger charge is -2.14. The number of benzene rings is 1. The Morgan fingerprint density at radius 2 is 2.18 bits per heavy atom. The highest BCUT2D eigenvalue weighted by Crippen LogP contribution is 2.31. The van der Waals surface area contributed by atoms with Crippen LogP contribution in [-0.2, 0) is 11.4 Å². The van der Waals surface area contributed by atoms with Crippen molar-refractivity contribution in [1.82, 2.24) is 5.32 Å². The molecule has 0 saturated heterocycles. The van der Waals surface area contributed by atoms with Crippen LogP contribution < -0.4 is 14.8 Å². The number of carbonyl (C=O) groups is 1. The maximum absolute atomic E-state index is 11.1. The van der Waals surface area contributed by atoms with Gasteiger partial charge in [-0.25, -0.2) is 0 Å². The summed E-state index contributed by atoms with van der Waals surface area (Å²) in [5.74, 6) is 0.712. The van der Waals surface area contributed by atoms with Crippen LogP contribution in [0.1, 0.15) is 12.5 Å². The monoisotopic (exact) mass is 239 g/mol. The van der Waals surface area contributed by atoms with Crippen LogP contribution in [0.3, 0.4) is 0 Å². The van der Waals surface area contributed by atoms with Crippen molar-refractivity contribution in [3.05, 3.63) is 23.8 Å². The summed E-state index contributed by atoms with van der Waals surface area (Å²) in [7, 11) is 1.53. The SMILES string of the molecule is CCOc1cccc(CO)c1OCC(=O)NC. The number of aliphatic hydroxyl groups excluding tert-OH is 1. The van der Waals surface area contributed by atoms with Crippen molar-refractivity contribution in [1.29, 1.82) is 0 Å². The van der Waals surface area contributed by atoms with Crippen LogP contribution in [0, 0.1) is 0 Å². The normalized spacial score (nSPS) is 9.82. The van der Waals surface area contributed by atoms with Crippen molar-refractivity contribution in [2.24, 2.45) is 0 Å². The van der Waals surface area contributed by atoms with Gasteiger partial charge in [0, 0.05) is 12.6 Å². The van der Waals surface area contributed by atoms with Crippen molar-refractivity contribution in [3.63, 3.8) is 0 Å². The molecule has 0 unspecified atom stereocenters. The van der Waals surface area contributed by atoms with Gasteiger partial charge in [-0.15, -0.1) is 0 Å². The van der Waals surface area contributed by atoms with E-state index in [1.165, 1.54) is 7.05 Å². The zero-order valence-corrected chi connectivity index (χ0v) is 10.0. The molecular weight excluding hydrogens is 222 g/mol. The Balaban J connectivity index is 2.88. The minimum absolute atomic E-state index is 0.104. The van der Waals surface area contributed by atoms with Crippen molar-refractivity contribution < 1.29 is 19.4 Å². The molecule has 1 rings (SSSR count). The molecule has 5 nitrogen and oxygen atoms in total. The summed E-state index contributed by atoms with van der Waals surface area (Å²) < 4.78 is 10.7. The maximum atomic E-state index is 11.1. The molecule has 0 aromatic heterocycles. The zero-order valence-electron chi connectivity index (χ0n) is 10.0. The van der Waals surface area contributed by atoms with Crippen molar-refractivity contribution >= 4 is 5.91 Å². The summed E-state index contributed by atoms with van der Waals surface area (Å²) in [6.07, 6.45) is 0. The van der Waals surface area contributed by atoms with Gasteiger partial charge in [0.2, 0.25) is 0 Å². The molecule has 0 spiro atoms. The second-order valence-corrected chi connectivity index (χ2v) is 3.30. The van der Waals surface area contributed by atoms with E-state index in [1.807, 2.05) is 6.92 Å². The van der Waals surface area contributed by atoms with E-state index >= 15 is 0 Å². The summed E-state index contributed by atoms with van der Waals surface area (Å²) in [6.45, 7) is 2.08. The maximum Gasteiger partial charge on any atom is 0.257 e. The Labute approximate surface area is 100 Å². The van der Waals surface area contributed by atoms with Gasteiger partial charge in [0.1, 0.15) is 0 Å². The molecule has 0 fully saturated rings. The third-order valence-electron chi connectivity index (χ3n) is 2.16. The molecule has 0 saturated carbocycles. The largest absolute Gasteiger partial charge is 0.490 e. The fourth-order valence-electron chi connectivity index (χ4n) is 1.33. The van der Waals surface area contributed by atoms with Crippen LogP contribution in [0.5, 0.6) is 11.5 Å². The Morgan fingerprint density at radius 1 is 1.41 bits per heavy atom. The molecule has 0 bridgehead atoms. The molecule has 0 aliphatic carbocycles. The lowest BCUT2D eigenvalue weighted by Crippen LogP contribution is -2.25. The van der Waals surface area contributed by atoms with E-state index in [4.69, 9.17) is 9.47 Å². The first-order chi connectivity index (χ1) is 8.22. The van der Waals surface area contributed by atoms with Crippen molar-refractivity contribution in [2.75, 3.05) is 20.3 Å². The first-order valence-corrected chi connectivity index (χ1v) is 5.41. The number of ether oxygens (including phenoxy) is 2. The molecule has 0 heterocycles. The second-order valence-electron chi connectivity index (χ2n) is 3.30. The Morgan fingerprint density at radius 3 is 2.76 bits per heavy atom. The Bertz CT molecular complexity index is 379. The molecular formula is C12H17NO4. The number of rotatable bonds is 6. The van der Waals surface area contributed by atoms with Gasteiger partial charge < -0.3 is 19.9 Å². The Hall–Kier alpha value is -1.75. The van der Waals surface area contributed by atoms with E-state index in [0.717, 1.165) is 0 Å². The number of hydrogen-bond donors (Lipinski definition) is 2. The van der Waals surface area contributed by atoms with Crippen LogP contribution in [0.25, 0.3) is 0 Å². The smallest absolute Gasteiger partial charge is 0.257 e. The highest BCUT2D eigenvalue weighted by atomic mass is 16.5. The number of nitrogens with one attached hydrogen (secondary N) is 1. The van der Waals surface area contributed by atoms with Crippen LogP contribution in [0.15, 0.2) is 18.2 Å². The molecule has 1 amide bonds. The third kappa shape index (κ3) is 3.64. The van der Waals surface area contributed by atoms with E-state index in [1.54, 1.807) is 18.2 Å². The molecule has 0 aliphatic heterocycles. The molecule has 5 heteroatoms. The van der Waals surface area contributed by atoms with Crippen molar-refractivity contribution in [2.45, 2.75) is 13.5 Å². The fourth-order valence-corrected chi connectivity index (χ4v) is 1.33. The minimum Gasteiger partial charge on any atom is -0.490 e. The average Bonchev–Trinajstić information content (AvgIpc) is 2.36. The van der Waals surface area contributed by atoms with Crippen LogP contribution in [-0.4, -0.2) is 31.3 Å². The number of hydrogen-bond acceptors (Lipinski definition) is 4. The fraction of sp³-hybridized carbons (Fsp3) is 0.417. The third-order valence-corrected chi connectivity index (χ3v) is 2.16. The van der Waals surface area contributed by atoms with Gasteiger partial charge in [-0.05, 0) is 13.0 Å². The van der Waals surface area contributed by atoms with Gasteiger partial charge in [0.25, 0.3) is 5.91 Å². The molecule has 0 aliphatic rings. The van der Waals surface area contributed by atoms with E-state index in [-0.39, 0.29) is 19.1 Å². The van der Waals surface area contributed by atoms with Gasteiger partial charge >= 0.3 is 0 Å². The summed E-state index contributed by atoms with van der Waals surface area (Å²) in [4.78, 5) is 11.1. The van der Waals surface area contributed by atoms with Gasteiger partial charge in [-0.1, -0.05) is 12.1 Å². The van der Waals surface area contributed by atoms with Gasteiger partial charge in [-0.3, -0.25) is 4.79 Å². The van der Waals surface area contributed by atoms with E-state index < -0.39 is 0 Å². The van der Waals surface area contributed by atoms with Crippen LogP contribution >= 0.6 is 0 Å². The number of amides is 1. The molecule has 0 radical (unpaired) electrons. The van der Waals surface area contributed by atoms with Gasteiger partial charge in [0.05, 0.1) is 13.2 Å². The summed E-state index contributed by atoms with van der Waals surface area (Å²) in [6, 6.07) is 5.23. The van der Waals surface area contributed by atoms with Crippen molar-refractivity contribution in [3.8, 4) is 11.5 Å². The minimum atomic E-state index is -0.236. The number of likely N-dealkylation sites (N-methyl/N-ethyl adjacent to an activating group) is 1. The first kappa shape index (κ1) is 13.3. The summed E-state index contributed by atoms with van der Waals surface area (Å²) in [5.41, 5.74) is 0.597. The lowest BCUT2D eigenvalue weighted by molar-refractivity contribution is -0.122. The number of carbonyl (C=O) groups excluding carboxylic acids is 1. The van der Waals surface area contributed by atoms with Gasteiger partial charge in [0.15, 0.2) is 18.1 Å². The predicted molar refractivity (Wildman–Crippen MR) is 63.1 cm³/mol. The molecule has 17 heavy (non-hydrogen) atoms. The zero-order chi connectivity index (χ0) is 12.7. The molecule has 1 aromatic carbocycles. The van der Waals surface area contributed by atoms with Crippen LogP contribution in [0.4, 0.5) is 0 Å². The van der Waals surface area contributed by atoms with E-state index in [9.17, 15) is 9.90 Å². The quantitative estimate of drug-likeness (QED) is 0.767. The molecule has 94 valence electrons. The number of para-hydroxylation sites is 1. The average molecular weight is 239 g/mol. The second kappa shape index (κ2) is 6.75. The topological polar surface area (TPSA) is 67.8 Å². The highest BCUT2D eigenvalue weighted by molar-refractivity contribution is 5.77. The van der Waals surface area contributed by atoms with Gasteiger partial charge in [-0.2, -0.15) is 0 Å². The van der Waals surface area contributed by atoms with Crippen LogP contribution in [0.2, 0.25) is 0 Å². The summed E-state index contributed by atoms with van der Waals surface area (Å²) >= 11 is 0. The molecule has 1 aromatic rings. The first-order valence-electron chi connectivity index (χ1n) is 5.41. The lowest BCUT2D eigenvalue weighted by atomic mass is 10.2. The molecule has 2 N–H and O–H groups in total.